The van der Waals surface area contributed by atoms with Gasteiger partial charge in [0.05, 0.1) is 0 Å². The Morgan fingerprint density at radius 1 is 0.632 bits per heavy atom. The van der Waals surface area contributed by atoms with Gasteiger partial charge in [0.2, 0.25) is 0 Å². The van der Waals surface area contributed by atoms with Gasteiger partial charge in [0, 0.05) is 0 Å². The molecular formula is C14H32CrO4-2. The fourth-order valence-electron chi connectivity index (χ4n) is 1.06. The normalized spacial score (nSPS) is 14.4. The first-order chi connectivity index (χ1) is 8.46. The number of hydrogen-bond donors (Lipinski definition) is 2. The van der Waals surface area contributed by atoms with E-state index in [0.29, 0.717) is 0 Å². The molecule has 1 aliphatic carbocycles. The van der Waals surface area contributed by atoms with Crippen LogP contribution in [0.4, 0.5) is 0 Å². The van der Waals surface area contributed by atoms with Crippen LogP contribution >= 0.6 is 0 Å². The fraction of sp³-hybridized carbons (Fsp3) is 0.857. The van der Waals surface area contributed by atoms with Gasteiger partial charge in [-0.3, -0.25) is 0 Å². The summed E-state index contributed by atoms with van der Waals surface area (Å²) in [6.07, 6.45) is 9.00. The average Bonchev–Trinajstić information content (AvgIpc) is 2.15. The van der Waals surface area contributed by atoms with Crippen LogP contribution in [-0.4, -0.2) is 8.32 Å². The molecule has 0 spiro atoms. The topological polar surface area (TPSA) is 74.6 Å². The van der Waals surface area contributed by atoms with Crippen molar-refractivity contribution >= 4 is 0 Å². The van der Waals surface area contributed by atoms with E-state index in [4.69, 9.17) is 15.9 Å². The van der Waals surface area contributed by atoms with E-state index in [0.717, 1.165) is 0 Å². The van der Waals surface area contributed by atoms with Crippen LogP contribution in [0.5, 0.6) is 0 Å². The van der Waals surface area contributed by atoms with E-state index in [1.807, 2.05) is 0 Å². The molecule has 0 heterocycles. The first-order valence-corrected chi connectivity index (χ1v) is 8.88. The van der Waals surface area contributed by atoms with Gasteiger partial charge in [-0.25, -0.2) is 0 Å². The summed E-state index contributed by atoms with van der Waals surface area (Å²) in [5.41, 5.74) is 0. The molecule has 0 aromatic heterocycles. The zero-order valence-electron chi connectivity index (χ0n) is 13.4. The Balaban J connectivity index is -0.000000184. The quantitative estimate of drug-likeness (QED) is 0.656. The van der Waals surface area contributed by atoms with Gasteiger partial charge in [-0.2, -0.15) is 41.5 Å². The second-order valence-corrected chi connectivity index (χ2v) is 6.97. The van der Waals surface area contributed by atoms with E-state index in [9.17, 15) is 0 Å². The van der Waals surface area contributed by atoms with Crippen LogP contribution < -0.4 is 0 Å². The first-order valence-electron chi connectivity index (χ1n) is 6.70. The molecule has 0 atom stereocenters. The van der Waals surface area contributed by atoms with Crippen LogP contribution in [0.15, 0.2) is 0 Å². The molecule has 0 saturated heterocycles. The molecule has 0 unspecified atom stereocenters. The molecule has 19 heavy (non-hydrogen) atoms. The van der Waals surface area contributed by atoms with E-state index in [1.165, 1.54) is 50.4 Å². The third kappa shape index (κ3) is 127. The van der Waals surface area contributed by atoms with Gasteiger partial charge in [-0.1, -0.05) is 38.5 Å². The SMILES string of the molecule is C1CCCCC1.C[C-](C)C.C[C-](C)C.[O]=[Cr](=[O])([OH])[OH]. The molecule has 1 rings (SSSR count). The fourth-order valence-corrected chi connectivity index (χ4v) is 1.06. The van der Waals surface area contributed by atoms with Gasteiger partial charge in [0.15, 0.2) is 0 Å². The summed E-state index contributed by atoms with van der Waals surface area (Å²) in [7, 11) is 0. The monoisotopic (exact) mass is 316 g/mol. The van der Waals surface area contributed by atoms with Crippen LogP contribution in [0.25, 0.3) is 0 Å². The summed E-state index contributed by atoms with van der Waals surface area (Å²) in [5, 5.41) is 0. The first kappa shape index (κ1) is 24.1. The molecule has 0 radical (unpaired) electrons. The summed E-state index contributed by atoms with van der Waals surface area (Å²) >= 11 is -5.25. The Morgan fingerprint density at radius 3 is 0.737 bits per heavy atom. The molecule has 4 nitrogen and oxygen atoms in total. The summed E-state index contributed by atoms with van der Waals surface area (Å²) in [4.78, 5) is 0. The minimum absolute atomic E-state index is 1.42. The van der Waals surface area contributed by atoms with Crippen LogP contribution in [0, 0.1) is 11.8 Å². The third-order valence-electron chi connectivity index (χ3n) is 1.50. The minimum atomic E-state index is -5.25. The van der Waals surface area contributed by atoms with Crippen molar-refractivity contribution in [3.8, 4) is 0 Å². The molecule has 0 bridgehead atoms. The van der Waals surface area contributed by atoms with Gasteiger partial charge in [-0.15, -0.1) is 0 Å². The predicted octanol–water partition coefficient (Wildman–Crippen LogP) is 4.23. The Hall–Kier alpha value is 0.0525. The second-order valence-electron chi connectivity index (χ2n) is 5.57. The number of rotatable bonds is 0. The van der Waals surface area contributed by atoms with Gasteiger partial charge < -0.3 is 11.8 Å². The van der Waals surface area contributed by atoms with Crippen LogP contribution in [-0.2, 0) is 21.2 Å². The standard InChI is InChI=1S/C6H12.2C4H9.Cr.2H2O.2O/c1-2-4-6-5-3-1;2*1-4(2)3;;;;;/h1-6H2;2*1-3H3;;2*1H2;;/q;2*-1;+2;;;;/p-2. The summed E-state index contributed by atoms with van der Waals surface area (Å²) in [6.45, 7) is 12.5. The summed E-state index contributed by atoms with van der Waals surface area (Å²) in [6, 6.07) is 0. The van der Waals surface area contributed by atoms with Gasteiger partial charge in [0.25, 0.3) is 0 Å². The van der Waals surface area contributed by atoms with E-state index in [2.05, 4.69) is 41.5 Å². The third-order valence-corrected chi connectivity index (χ3v) is 1.50. The van der Waals surface area contributed by atoms with Gasteiger partial charge >= 0.3 is 29.5 Å². The summed E-state index contributed by atoms with van der Waals surface area (Å²) < 4.78 is 31.9. The Kier molecular flexibility index (Phi) is 20.4. The maximum atomic E-state index is 8.82. The van der Waals surface area contributed by atoms with Crippen molar-refractivity contribution in [2.75, 3.05) is 0 Å². The van der Waals surface area contributed by atoms with E-state index in [1.54, 1.807) is 0 Å². The van der Waals surface area contributed by atoms with Crippen molar-refractivity contribution in [2.45, 2.75) is 80.1 Å². The molecule has 1 saturated carbocycles. The van der Waals surface area contributed by atoms with Crippen LogP contribution in [0.2, 0.25) is 0 Å². The molecule has 120 valence electrons. The zero-order valence-corrected chi connectivity index (χ0v) is 14.6. The van der Waals surface area contributed by atoms with Crippen molar-refractivity contribution in [3.05, 3.63) is 11.8 Å². The molecule has 5 heteroatoms. The zero-order chi connectivity index (χ0) is 15.9. The summed E-state index contributed by atoms with van der Waals surface area (Å²) in [5.74, 6) is 2.83. The predicted molar refractivity (Wildman–Crippen MR) is 74.0 cm³/mol. The Bertz CT molecular complexity index is 211. The van der Waals surface area contributed by atoms with Crippen LogP contribution in [0.1, 0.15) is 80.1 Å². The molecule has 0 aromatic rings. The van der Waals surface area contributed by atoms with Crippen molar-refractivity contribution in [1.82, 2.24) is 0 Å². The second kappa shape index (κ2) is 16.1. The van der Waals surface area contributed by atoms with E-state index in [-0.39, 0.29) is 0 Å². The van der Waals surface area contributed by atoms with Crippen molar-refractivity contribution in [2.24, 2.45) is 0 Å². The molecule has 0 aromatic carbocycles. The van der Waals surface area contributed by atoms with Crippen molar-refractivity contribution in [1.29, 1.82) is 0 Å². The van der Waals surface area contributed by atoms with Crippen LogP contribution in [0.3, 0.4) is 0 Å². The molecule has 0 amide bonds. The maximum absolute atomic E-state index is 8.82. The molecule has 1 fully saturated rings. The number of hydrogen-bond acceptors (Lipinski definition) is 2. The van der Waals surface area contributed by atoms with E-state index >= 15 is 0 Å². The van der Waals surface area contributed by atoms with Crippen molar-refractivity contribution < 1.29 is 29.5 Å². The van der Waals surface area contributed by atoms with Gasteiger partial charge in [-0.05, 0) is 0 Å². The Morgan fingerprint density at radius 2 is 0.684 bits per heavy atom. The average molecular weight is 316 g/mol. The van der Waals surface area contributed by atoms with E-state index < -0.39 is 13.6 Å². The molecule has 1 aliphatic rings. The molecular weight excluding hydrogens is 284 g/mol. The molecule has 0 aliphatic heterocycles. The Labute approximate surface area is 122 Å². The van der Waals surface area contributed by atoms with Crippen molar-refractivity contribution in [3.63, 3.8) is 0 Å². The van der Waals surface area contributed by atoms with Gasteiger partial charge in [0.1, 0.15) is 0 Å². The molecule has 2 N–H and O–H groups in total.